The van der Waals surface area contributed by atoms with E-state index in [2.05, 4.69) is 19.2 Å². The number of hydrogen-bond acceptors (Lipinski definition) is 2. The normalized spacial score (nSPS) is 13.0. The van der Waals surface area contributed by atoms with E-state index in [9.17, 15) is 9.50 Å². The molecule has 0 aromatic heterocycles. The maximum atomic E-state index is 12.7. The Morgan fingerprint density at radius 3 is 2.24 bits per heavy atom. The number of nitrogens with one attached hydrogen (secondary N) is 1. The highest BCUT2D eigenvalue weighted by Crippen LogP contribution is 2.13. The first kappa shape index (κ1) is 14.1. The molecule has 0 heterocycles. The Labute approximate surface area is 103 Å². The van der Waals surface area contributed by atoms with E-state index in [1.54, 1.807) is 12.1 Å². The molecule has 0 spiro atoms. The molecule has 0 amide bonds. The maximum Gasteiger partial charge on any atom is 0.123 e. The molecule has 17 heavy (non-hydrogen) atoms. The second kappa shape index (κ2) is 7.41. The zero-order valence-corrected chi connectivity index (χ0v) is 10.6. The van der Waals surface area contributed by atoms with Crippen molar-refractivity contribution in [3.05, 3.63) is 35.6 Å². The van der Waals surface area contributed by atoms with Crippen LogP contribution in [0.1, 0.15) is 38.4 Å². The maximum absolute atomic E-state index is 12.7. The van der Waals surface area contributed by atoms with Crippen LogP contribution in [0.25, 0.3) is 0 Å². The van der Waals surface area contributed by atoms with E-state index >= 15 is 0 Å². The van der Waals surface area contributed by atoms with Gasteiger partial charge in [-0.25, -0.2) is 4.39 Å². The Kier molecular flexibility index (Phi) is 6.16. The summed E-state index contributed by atoms with van der Waals surface area (Å²) < 4.78 is 12.7. The fraction of sp³-hybridized carbons (Fsp3) is 0.571. The van der Waals surface area contributed by atoms with Crippen molar-refractivity contribution in [2.75, 3.05) is 13.1 Å². The molecule has 0 radical (unpaired) electrons. The van der Waals surface area contributed by atoms with Gasteiger partial charge in [0.05, 0.1) is 6.10 Å². The standard InChI is InChI=1S/C14H22FNO/c1-3-11(4-2)9-16-10-14(17)12-5-7-13(15)8-6-12/h5-8,11,14,16-17H,3-4,9-10H2,1-2H3. The van der Waals surface area contributed by atoms with Crippen molar-refractivity contribution in [2.24, 2.45) is 5.92 Å². The third kappa shape index (κ3) is 4.84. The van der Waals surface area contributed by atoms with Crippen molar-refractivity contribution in [1.29, 1.82) is 0 Å². The van der Waals surface area contributed by atoms with Gasteiger partial charge in [-0.1, -0.05) is 38.8 Å². The van der Waals surface area contributed by atoms with Gasteiger partial charge in [0, 0.05) is 6.54 Å². The molecule has 2 nitrogen and oxygen atoms in total. The summed E-state index contributed by atoms with van der Waals surface area (Å²) in [6, 6.07) is 6.00. The highest BCUT2D eigenvalue weighted by Gasteiger charge is 2.08. The molecular weight excluding hydrogens is 217 g/mol. The van der Waals surface area contributed by atoms with Crippen LogP contribution >= 0.6 is 0 Å². The van der Waals surface area contributed by atoms with Crippen LogP contribution in [0.2, 0.25) is 0 Å². The van der Waals surface area contributed by atoms with Crippen LogP contribution in [0, 0.1) is 11.7 Å². The summed E-state index contributed by atoms with van der Waals surface area (Å²) in [4.78, 5) is 0. The largest absolute Gasteiger partial charge is 0.387 e. The Hall–Kier alpha value is -0.930. The predicted octanol–water partition coefficient (Wildman–Crippen LogP) is 2.88. The van der Waals surface area contributed by atoms with Gasteiger partial charge in [-0.15, -0.1) is 0 Å². The van der Waals surface area contributed by atoms with Crippen molar-refractivity contribution in [2.45, 2.75) is 32.8 Å². The third-order valence-electron chi connectivity index (χ3n) is 3.18. The van der Waals surface area contributed by atoms with Crippen molar-refractivity contribution < 1.29 is 9.50 Å². The van der Waals surface area contributed by atoms with Gasteiger partial charge in [0.2, 0.25) is 0 Å². The lowest BCUT2D eigenvalue weighted by atomic mass is 10.0. The van der Waals surface area contributed by atoms with Gasteiger partial charge in [0.15, 0.2) is 0 Å². The van der Waals surface area contributed by atoms with Gasteiger partial charge in [-0.05, 0) is 30.2 Å². The quantitative estimate of drug-likeness (QED) is 0.767. The van der Waals surface area contributed by atoms with Gasteiger partial charge < -0.3 is 10.4 Å². The van der Waals surface area contributed by atoms with Gasteiger partial charge in [0.1, 0.15) is 5.82 Å². The molecule has 1 aromatic carbocycles. The van der Waals surface area contributed by atoms with Crippen LogP contribution in [0.5, 0.6) is 0 Å². The SMILES string of the molecule is CCC(CC)CNCC(O)c1ccc(F)cc1. The summed E-state index contributed by atoms with van der Waals surface area (Å²) in [6.45, 7) is 5.78. The average Bonchev–Trinajstić information content (AvgIpc) is 2.35. The molecule has 0 aliphatic heterocycles. The van der Waals surface area contributed by atoms with Crippen LogP contribution in [-0.4, -0.2) is 18.2 Å². The van der Waals surface area contributed by atoms with Gasteiger partial charge in [-0.3, -0.25) is 0 Å². The Bertz CT molecular complexity index is 309. The molecular formula is C14H22FNO. The number of aliphatic hydroxyl groups excluding tert-OH is 1. The topological polar surface area (TPSA) is 32.3 Å². The van der Waals surface area contributed by atoms with Crippen LogP contribution in [0.3, 0.4) is 0 Å². The fourth-order valence-electron chi connectivity index (χ4n) is 1.80. The molecule has 0 fully saturated rings. The van der Waals surface area contributed by atoms with Gasteiger partial charge in [-0.2, -0.15) is 0 Å². The fourth-order valence-corrected chi connectivity index (χ4v) is 1.80. The smallest absolute Gasteiger partial charge is 0.123 e. The molecule has 1 unspecified atom stereocenters. The summed E-state index contributed by atoms with van der Waals surface area (Å²) in [5, 5.41) is 13.1. The average molecular weight is 239 g/mol. The van der Waals surface area contributed by atoms with Crippen LogP contribution in [0.15, 0.2) is 24.3 Å². The lowest BCUT2D eigenvalue weighted by molar-refractivity contribution is 0.172. The monoisotopic (exact) mass is 239 g/mol. The first-order chi connectivity index (χ1) is 8.17. The lowest BCUT2D eigenvalue weighted by Gasteiger charge is -2.16. The number of hydrogen-bond donors (Lipinski definition) is 2. The van der Waals surface area contributed by atoms with Crippen LogP contribution in [0.4, 0.5) is 4.39 Å². The molecule has 0 aliphatic rings. The molecule has 0 saturated heterocycles. The first-order valence-corrected chi connectivity index (χ1v) is 6.31. The minimum absolute atomic E-state index is 0.272. The molecule has 1 aromatic rings. The highest BCUT2D eigenvalue weighted by atomic mass is 19.1. The Morgan fingerprint density at radius 2 is 1.71 bits per heavy atom. The molecule has 0 bridgehead atoms. The Balaban J connectivity index is 2.34. The molecule has 1 atom stereocenters. The zero-order chi connectivity index (χ0) is 12.7. The van der Waals surface area contributed by atoms with E-state index in [4.69, 9.17) is 0 Å². The van der Waals surface area contributed by atoms with E-state index in [0.29, 0.717) is 12.5 Å². The number of halogens is 1. The van der Waals surface area contributed by atoms with E-state index < -0.39 is 6.10 Å². The van der Waals surface area contributed by atoms with E-state index in [0.717, 1.165) is 24.9 Å². The van der Waals surface area contributed by atoms with Crippen LogP contribution in [-0.2, 0) is 0 Å². The molecule has 1 rings (SSSR count). The van der Waals surface area contributed by atoms with E-state index in [-0.39, 0.29) is 5.82 Å². The molecule has 96 valence electrons. The molecule has 2 N–H and O–H groups in total. The summed E-state index contributed by atoms with van der Waals surface area (Å²) in [7, 11) is 0. The number of aliphatic hydroxyl groups is 1. The second-order valence-corrected chi connectivity index (χ2v) is 4.41. The van der Waals surface area contributed by atoms with Crippen molar-refractivity contribution in [3.63, 3.8) is 0 Å². The molecule has 3 heteroatoms. The Morgan fingerprint density at radius 1 is 1.12 bits per heavy atom. The minimum atomic E-state index is -0.565. The predicted molar refractivity (Wildman–Crippen MR) is 68.3 cm³/mol. The van der Waals surface area contributed by atoms with Crippen molar-refractivity contribution >= 4 is 0 Å². The zero-order valence-electron chi connectivity index (χ0n) is 10.6. The number of rotatable bonds is 7. The van der Waals surface area contributed by atoms with Crippen molar-refractivity contribution in [3.8, 4) is 0 Å². The molecule has 0 aliphatic carbocycles. The lowest BCUT2D eigenvalue weighted by Crippen LogP contribution is -2.27. The van der Waals surface area contributed by atoms with E-state index in [1.165, 1.54) is 12.1 Å². The first-order valence-electron chi connectivity index (χ1n) is 6.31. The van der Waals surface area contributed by atoms with Crippen LogP contribution < -0.4 is 5.32 Å². The summed E-state index contributed by atoms with van der Waals surface area (Å²) >= 11 is 0. The summed E-state index contributed by atoms with van der Waals surface area (Å²) in [5.74, 6) is 0.390. The summed E-state index contributed by atoms with van der Waals surface area (Å²) in [5.41, 5.74) is 0.753. The van der Waals surface area contributed by atoms with Gasteiger partial charge in [0.25, 0.3) is 0 Å². The van der Waals surface area contributed by atoms with Gasteiger partial charge >= 0.3 is 0 Å². The summed E-state index contributed by atoms with van der Waals surface area (Å²) in [6.07, 6.45) is 1.73. The van der Waals surface area contributed by atoms with E-state index in [1.807, 2.05) is 0 Å². The minimum Gasteiger partial charge on any atom is -0.387 e. The van der Waals surface area contributed by atoms with Crippen molar-refractivity contribution in [1.82, 2.24) is 5.32 Å². The number of benzene rings is 1. The third-order valence-corrected chi connectivity index (χ3v) is 3.18. The highest BCUT2D eigenvalue weighted by molar-refractivity contribution is 5.18. The molecule has 0 saturated carbocycles. The second-order valence-electron chi connectivity index (χ2n) is 4.41.